The third kappa shape index (κ3) is 5.62. The number of aliphatic hydroxyl groups is 2. The molecule has 0 aromatic heterocycles. The third-order valence-corrected chi connectivity index (χ3v) is 4.50. The van der Waals surface area contributed by atoms with Gasteiger partial charge in [-0.1, -0.05) is 30.3 Å². The topological polar surface area (TPSA) is 118 Å². The van der Waals surface area contributed by atoms with Crippen molar-refractivity contribution in [1.29, 1.82) is 0 Å². The first kappa shape index (κ1) is 19.5. The molecule has 0 aliphatic carbocycles. The van der Waals surface area contributed by atoms with E-state index in [1.807, 2.05) is 49.4 Å². The highest BCUT2D eigenvalue weighted by Gasteiger charge is 2.26. The van der Waals surface area contributed by atoms with Crippen molar-refractivity contribution in [3.05, 3.63) is 42.5 Å². The maximum atomic E-state index is 12.3. The Bertz CT molecular complexity index is 772. The molecular formula is C19H27N5O3. The van der Waals surface area contributed by atoms with Gasteiger partial charge in [0.1, 0.15) is 6.29 Å². The van der Waals surface area contributed by atoms with Crippen LogP contribution in [0.5, 0.6) is 0 Å². The Morgan fingerprint density at radius 3 is 2.78 bits per heavy atom. The number of anilines is 1. The van der Waals surface area contributed by atoms with Crippen LogP contribution in [0.2, 0.25) is 0 Å². The van der Waals surface area contributed by atoms with Crippen molar-refractivity contribution in [1.82, 2.24) is 21.3 Å². The average molecular weight is 373 g/mol. The zero-order chi connectivity index (χ0) is 19.2. The monoisotopic (exact) mass is 373 g/mol. The second-order valence-electron chi connectivity index (χ2n) is 6.86. The summed E-state index contributed by atoms with van der Waals surface area (Å²) in [7, 11) is 0. The van der Waals surface area contributed by atoms with E-state index < -0.39 is 12.4 Å². The van der Waals surface area contributed by atoms with Crippen LogP contribution in [-0.2, 0) is 0 Å². The van der Waals surface area contributed by atoms with Gasteiger partial charge in [-0.3, -0.25) is 16.0 Å². The lowest BCUT2D eigenvalue weighted by Gasteiger charge is -2.37. The molecule has 0 spiro atoms. The molecule has 2 aromatic rings. The minimum atomic E-state index is -0.806. The van der Waals surface area contributed by atoms with Crippen molar-refractivity contribution in [2.24, 2.45) is 0 Å². The summed E-state index contributed by atoms with van der Waals surface area (Å²) in [5, 5.41) is 35.9. The first-order chi connectivity index (χ1) is 13.0. The molecule has 8 heteroatoms. The molecule has 3 rings (SSSR count). The Labute approximate surface area is 158 Å². The maximum absolute atomic E-state index is 12.3. The number of carbonyl (C=O) groups excluding carboxylic acids is 1. The number of urea groups is 1. The molecule has 1 aliphatic heterocycles. The van der Waals surface area contributed by atoms with Gasteiger partial charge in [-0.05, 0) is 36.2 Å². The van der Waals surface area contributed by atoms with Gasteiger partial charge in [0.25, 0.3) is 0 Å². The summed E-state index contributed by atoms with van der Waals surface area (Å²) in [6.45, 7) is 2.01. The van der Waals surface area contributed by atoms with Gasteiger partial charge in [0.15, 0.2) is 0 Å². The van der Waals surface area contributed by atoms with Crippen LogP contribution in [0.4, 0.5) is 10.5 Å². The molecule has 7 N–H and O–H groups in total. The summed E-state index contributed by atoms with van der Waals surface area (Å²) in [4.78, 5) is 12.3. The molecule has 1 fully saturated rings. The second-order valence-corrected chi connectivity index (χ2v) is 6.86. The van der Waals surface area contributed by atoms with Crippen LogP contribution in [0.3, 0.4) is 0 Å². The fourth-order valence-corrected chi connectivity index (χ4v) is 3.16. The number of hydrogen-bond donors (Lipinski definition) is 7. The van der Waals surface area contributed by atoms with Crippen molar-refractivity contribution >= 4 is 22.5 Å². The minimum absolute atomic E-state index is 0.0894. The van der Waals surface area contributed by atoms with Crippen molar-refractivity contribution in [3.8, 4) is 0 Å². The molecule has 27 heavy (non-hydrogen) atoms. The Balaban J connectivity index is 1.54. The lowest BCUT2D eigenvalue weighted by molar-refractivity contribution is 0.0853. The van der Waals surface area contributed by atoms with E-state index in [1.54, 1.807) is 0 Å². The molecular weight excluding hydrogens is 346 g/mol. The van der Waals surface area contributed by atoms with Crippen LogP contribution < -0.4 is 26.6 Å². The van der Waals surface area contributed by atoms with E-state index in [0.717, 1.165) is 22.9 Å². The highest BCUT2D eigenvalue weighted by molar-refractivity contribution is 5.93. The first-order valence-corrected chi connectivity index (χ1v) is 9.14. The number of amides is 2. The van der Waals surface area contributed by atoms with Crippen molar-refractivity contribution in [2.45, 2.75) is 37.9 Å². The predicted octanol–water partition coefficient (Wildman–Crippen LogP) is 0.485. The molecule has 0 radical (unpaired) electrons. The van der Waals surface area contributed by atoms with Gasteiger partial charge in [0.2, 0.25) is 0 Å². The zero-order valence-corrected chi connectivity index (χ0v) is 15.3. The van der Waals surface area contributed by atoms with Crippen LogP contribution in [0.25, 0.3) is 10.8 Å². The molecule has 8 nitrogen and oxygen atoms in total. The van der Waals surface area contributed by atoms with Gasteiger partial charge in [-0.25, -0.2) is 4.79 Å². The zero-order valence-electron chi connectivity index (χ0n) is 15.3. The summed E-state index contributed by atoms with van der Waals surface area (Å²) >= 11 is 0. The van der Waals surface area contributed by atoms with E-state index >= 15 is 0 Å². The standard InChI is InChI=1S/C19H27N5O3/c1-12-8-17(20-10-16(26)11-25)23-18(21-12)24-19(27)22-15-7-6-13-4-2-3-5-14(13)9-15/h2-7,9,12,16-18,20-21,23,25-26H,8,10-11H2,1H3,(H2,22,24,27). The van der Waals surface area contributed by atoms with E-state index in [1.165, 1.54) is 0 Å². The van der Waals surface area contributed by atoms with Crippen molar-refractivity contribution in [3.63, 3.8) is 0 Å². The summed E-state index contributed by atoms with van der Waals surface area (Å²) in [5.74, 6) is 0. The predicted molar refractivity (Wildman–Crippen MR) is 105 cm³/mol. The van der Waals surface area contributed by atoms with Gasteiger partial charge >= 0.3 is 6.03 Å². The summed E-state index contributed by atoms with van der Waals surface area (Å²) in [6, 6.07) is 13.6. The molecule has 4 atom stereocenters. The van der Waals surface area contributed by atoms with Crippen LogP contribution in [0, 0.1) is 0 Å². The van der Waals surface area contributed by atoms with Gasteiger partial charge < -0.3 is 20.8 Å². The van der Waals surface area contributed by atoms with E-state index in [-0.39, 0.29) is 31.4 Å². The molecule has 0 bridgehead atoms. The summed E-state index contributed by atoms with van der Waals surface area (Å²) < 4.78 is 0. The van der Waals surface area contributed by atoms with Crippen LogP contribution in [0.1, 0.15) is 13.3 Å². The lowest BCUT2D eigenvalue weighted by atomic mass is 10.1. The van der Waals surface area contributed by atoms with Gasteiger partial charge in [0.05, 0.1) is 18.9 Å². The van der Waals surface area contributed by atoms with E-state index in [4.69, 9.17) is 5.11 Å². The number of carbonyl (C=O) groups is 1. The minimum Gasteiger partial charge on any atom is -0.394 e. The molecule has 146 valence electrons. The van der Waals surface area contributed by atoms with Crippen LogP contribution in [0.15, 0.2) is 42.5 Å². The van der Waals surface area contributed by atoms with Crippen molar-refractivity contribution < 1.29 is 15.0 Å². The van der Waals surface area contributed by atoms with Gasteiger partial charge in [0, 0.05) is 18.3 Å². The average Bonchev–Trinajstić information content (AvgIpc) is 2.65. The fraction of sp³-hybridized carbons (Fsp3) is 0.421. The molecule has 1 heterocycles. The Morgan fingerprint density at radius 1 is 1.22 bits per heavy atom. The van der Waals surface area contributed by atoms with E-state index in [0.29, 0.717) is 0 Å². The Kier molecular flexibility index (Phi) is 6.59. The summed E-state index contributed by atoms with van der Waals surface area (Å²) in [5.41, 5.74) is 0.718. The molecule has 2 aromatic carbocycles. The highest BCUT2D eigenvalue weighted by atomic mass is 16.3. The summed E-state index contributed by atoms with van der Waals surface area (Å²) in [6.07, 6.45) is -0.534. The molecule has 2 amide bonds. The lowest BCUT2D eigenvalue weighted by Crippen LogP contribution is -2.68. The number of aliphatic hydroxyl groups excluding tert-OH is 2. The number of nitrogens with one attached hydrogen (secondary N) is 5. The fourth-order valence-electron chi connectivity index (χ4n) is 3.16. The molecule has 1 saturated heterocycles. The first-order valence-electron chi connectivity index (χ1n) is 9.14. The highest BCUT2D eigenvalue weighted by Crippen LogP contribution is 2.18. The second kappa shape index (κ2) is 9.12. The number of rotatable bonds is 6. The SMILES string of the molecule is CC1CC(NCC(O)CO)NC(NC(=O)Nc2ccc3ccccc3c2)N1. The number of fused-ring (bicyclic) bond motifs is 1. The van der Waals surface area contributed by atoms with Crippen LogP contribution >= 0.6 is 0 Å². The van der Waals surface area contributed by atoms with E-state index in [9.17, 15) is 9.90 Å². The quantitative estimate of drug-likeness (QED) is 0.396. The third-order valence-electron chi connectivity index (χ3n) is 4.50. The van der Waals surface area contributed by atoms with Gasteiger partial charge in [-0.2, -0.15) is 0 Å². The Morgan fingerprint density at radius 2 is 2.00 bits per heavy atom. The number of hydrogen-bond acceptors (Lipinski definition) is 6. The largest absolute Gasteiger partial charge is 0.394 e. The maximum Gasteiger partial charge on any atom is 0.321 e. The smallest absolute Gasteiger partial charge is 0.321 e. The van der Waals surface area contributed by atoms with Crippen molar-refractivity contribution in [2.75, 3.05) is 18.5 Å². The molecule has 1 aliphatic rings. The normalized spacial score (nSPS) is 23.7. The van der Waals surface area contributed by atoms with Crippen LogP contribution in [-0.4, -0.2) is 54.0 Å². The number of benzene rings is 2. The molecule has 0 saturated carbocycles. The van der Waals surface area contributed by atoms with E-state index in [2.05, 4.69) is 26.6 Å². The van der Waals surface area contributed by atoms with Gasteiger partial charge in [-0.15, -0.1) is 0 Å². The molecule has 4 unspecified atom stereocenters. The Hall–Kier alpha value is -2.23.